The highest BCUT2D eigenvalue weighted by Gasteiger charge is 2.30. The van der Waals surface area contributed by atoms with Crippen LogP contribution in [0.5, 0.6) is 11.5 Å². The quantitative estimate of drug-likeness (QED) is 0.644. The lowest BCUT2D eigenvalue weighted by molar-refractivity contribution is -0.131. The van der Waals surface area contributed by atoms with Crippen LogP contribution < -0.4 is 9.47 Å². The summed E-state index contributed by atoms with van der Waals surface area (Å²) >= 11 is 1.38. The molecule has 144 valence electrons. The minimum Gasteiger partial charge on any atom is -0.493 e. The molecule has 0 N–H and O–H groups in total. The van der Waals surface area contributed by atoms with E-state index in [0.717, 1.165) is 24.9 Å². The molecule has 0 aliphatic carbocycles. The Kier molecular flexibility index (Phi) is 6.61. The van der Waals surface area contributed by atoms with Gasteiger partial charge in [-0.3, -0.25) is 4.79 Å². The SMILES string of the molecule is COc1ccc(C2CCCN2C(=O)CCSc2ccccc2F)cc1OC. The minimum atomic E-state index is -0.237. The molecular weight excluding hydrogens is 365 g/mol. The molecule has 2 aromatic carbocycles. The Morgan fingerprint density at radius 1 is 1.19 bits per heavy atom. The fraction of sp³-hybridized carbons (Fsp3) is 0.381. The van der Waals surface area contributed by atoms with Crippen LogP contribution in [0.15, 0.2) is 47.4 Å². The Morgan fingerprint density at radius 2 is 1.96 bits per heavy atom. The zero-order valence-electron chi connectivity index (χ0n) is 15.6. The summed E-state index contributed by atoms with van der Waals surface area (Å²) < 4.78 is 24.4. The summed E-state index contributed by atoms with van der Waals surface area (Å²) in [6.45, 7) is 0.752. The fourth-order valence-electron chi connectivity index (χ4n) is 3.43. The van der Waals surface area contributed by atoms with Gasteiger partial charge < -0.3 is 14.4 Å². The lowest BCUT2D eigenvalue weighted by Gasteiger charge is -2.26. The van der Waals surface area contributed by atoms with Gasteiger partial charge in [0, 0.05) is 23.6 Å². The van der Waals surface area contributed by atoms with Gasteiger partial charge >= 0.3 is 0 Å². The summed E-state index contributed by atoms with van der Waals surface area (Å²) in [7, 11) is 3.22. The molecule has 1 fully saturated rings. The van der Waals surface area contributed by atoms with Crippen LogP contribution in [0.1, 0.15) is 30.9 Å². The summed E-state index contributed by atoms with van der Waals surface area (Å²) in [4.78, 5) is 15.3. The Labute approximate surface area is 163 Å². The zero-order chi connectivity index (χ0) is 19.2. The summed E-state index contributed by atoms with van der Waals surface area (Å²) in [6, 6.07) is 12.5. The Balaban J connectivity index is 1.63. The molecule has 6 heteroatoms. The van der Waals surface area contributed by atoms with Gasteiger partial charge in [-0.2, -0.15) is 0 Å². The Bertz CT molecular complexity index is 799. The Hall–Kier alpha value is -2.21. The van der Waals surface area contributed by atoms with Crippen molar-refractivity contribution in [2.24, 2.45) is 0 Å². The molecule has 0 aromatic heterocycles. The molecule has 1 saturated heterocycles. The van der Waals surface area contributed by atoms with Crippen molar-refractivity contribution in [3.8, 4) is 11.5 Å². The number of ether oxygens (including phenoxy) is 2. The van der Waals surface area contributed by atoms with Crippen LogP contribution in [0.4, 0.5) is 4.39 Å². The molecule has 0 bridgehead atoms. The van der Waals surface area contributed by atoms with Crippen LogP contribution >= 0.6 is 11.8 Å². The Morgan fingerprint density at radius 3 is 2.70 bits per heavy atom. The number of halogens is 1. The number of benzene rings is 2. The largest absolute Gasteiger partial charge is 0.493 e. The topological polar surface area (TPSA) is 38.8 Å². The van der Waals surface area contributed by atoms with Crippen molar-refractivity contribution in [2.75, 3.05) is 26.5 Å². The highest BCUT2D eigenvalue weighted by atomic mass is 32.2. The van der Waals surface area contributed by atoms with E-state index in [1.807, 2.05) is 23.1 Å². The van der Waals surface area contributed by atoms with Gasteiger partial charge in [0.1, 0.15) is 5.82 Å². The standard InChI is InChI=1S/C21H24FNO3S/c1-25-18-10-9-15(14-19(18)26-2)17-7-5-12-23(17)21(24)11-13-27-20-8-4-3-6-16(20)22/h3-4,6,8-10,14,17H,5,7,11-13H2,1-2H3. The third-order valence-electron chi connectivity index (χ3n) is 4.78. The number of nitrogens with zero attached hydrogens (tertiary/aromatic N) is 1. The summed E-state index contributed by atoms with van der Waals surface area (Å²) in [6.07, 6.45) is 2.30. The number of carbonyl (C=O) groups is 1. The molecule has 0 saturated carbocycles. The first kappa shape index (κ1) is 19.5. The van der Waals surface area contributed by atoms with Gasteiger partial charge in [-0.05, 0) is 42.7 Å². The predicted molar refractivity (Wildman–Crippen MR) is 105 cm³/mol. The minimum absolute atomic E-state index is 0.0516. The number of rotatable bonds is 7. The van der Waals surface area contributed by atoms with E-state index >= 15 is 0 Å². The van der Waals surface area contributed by atoms with Crippen molar-refractivity contribution in [3.63, 3.8) is 0 Å². The number of thioether (sulfide) groups is 1. The van der Waals surface area contributed by atoms with Crippen molar-refractivity contribution < 1.29 is 18.7 Å². The molecule has 27 heavy (non-hydrogen) atoms. The maximum atomic E-state index is 13.7. The number of amides is 1. The van der Waals surface area contributed by atoms with E-state index in [2.05, 4.69) is 0 Å². The predicted octanol–water partition coefficient (Wildman–Crippen LogP) is 4.69. The molecule has 1 heterocycles. The number of likely N-dealkylation sites (tertiary alicyclic amines) is 1. The summed E-state index contributed by atoms with van der Waals surface area (Å²) in [5.41, 5.74) is 1.06. The second-order valence-electron chi connectivity index (χ2n) is 6.39. The number of carbonyl (C=O) groups excluding carboxylic acids is 1. The maximum absolute atomic E-state index is 13.7. The average molecular weight is 389 g/mol. The van der Waals surface area contributed by atoms with Crippen LogP contribution in [-0.4, -0.2) is 37.3 Å². The van der Waals surface area contributed by atoms with Crippen molar-refractivity contribution in [3.05, 3.63) is 53.8 Å². The summed E-state index contributed by atoms with van der Waals surface area (Å²) in [5, 5.41) is 0. The van der Waals surface area contributed by atoms with Crippen LogP contribution in [0.2, 0.25) is 0 Å². The first-order valence-electron chi connectivity index (χ1n) is 9.02. The molecule has 1 atom stereocenters. The van der Waals surface area contributed by atoms with E-state index in [1.54, 1.807) is 32.4 Å². The van der Waals surface area contributed by atoms with Crippen LogP contribution in [0.25, 0.3) is 0 Å². The molecule has 0 spiro atoms. The molecule has 3 rings (SSSR count). The van der Waals surface area contributed by atoms with E-state index in [4.69, 9.17) is 9.47 Å². The second kappa shape index (κ2) is 9.13. The van der Waals surface area contributed by atoms with E-state index in [1.165, 1.54) is 17.8 Å². The number of hydrogen-bond donors (Lipinski definition) is 0. The van der Waals surface area contributed by atoms with E-state index in [-0.39, 0.29) is 17.8 Å². The number of methoxy groups -OCH3 is 2. The lowest BCUT2D eigenvalue weighted by Crippen LogP contribution is -2.30. The van der Waals surface area contributed by atoms with Gasteiger partial charge in [0.2, 0.25) is 5.91 Å². The fourth-order valence-corrected chi connectivity index (χ4v) is 4.30. The number of hydrogen-bond acceptors (Lipinski definition) is 4. The summed E-state index contributed by atoms with van der Waals surface area (Å²) in [5.74, 6) is 1.79. The van der Waals surface area contributed by atoms with Crippen molar-refractivity contribution in [1.82, 2.24) is 4.90 Å². The molecule has 4 nitrogen and oxygen atoms in total. The molecule has 2 aromatic rings. The van der Waals surface area contributed by atoms with Gasteiger partial charge in [0.15, 0.2) is 11.5 Å². The third kappa shape index (κ3) is 4.56. The second-order valence-corrected chi connectivity index (χ2v) is 7.53. The van der Waals surface area contributed by atoms with Crippen LogP contribution in [-0.2, 0) is 4.79 Å². The van der Waals surface area contributed by atoms with Gasteiger partial charge in [0.25, 0.3) is 0 Å². The van der Waals surface area contributed by atoms with Crippen molar-refractivity contribution in [2.45, 2.75) is 30.2 Å². The van der Waals surface area contributed by atoms with Gasteiger partial charge in [-0.1, -0.05) is 18.2 Å². The molecule has 1 amide bonds. The lowest BCUT2D eigenvalue weighted by atomic mass is 10.0. The van der Waals surface area contributed by atoms with Gasteiger partial charge in [-0.25, -0.2) is 4.39 Å². The van der Waals surface area contributed by atoms with Gasteiger partial charge in [-0.15, -0.1) is 11.8 Å². The third-order valence-corrected chi connectivity index (χ3v) is 5.83. The van der Waals surface area contributed by atoms with Crippen LogP contribution in [0, 0.1) is 5.82 Å². The van der Waals surface area contributed by atoms with E-state index in [0.29, 0.717) is 28.6 Å². The van der Waals surface area contributed by atoms with Gasteiger partial charge in [0.05, 0.1) is 20.3 Å². The monoisotopic (exact) mass is 389 g/mol. The molecule has 1 aliphatic heterocycles. The first-order chi connectivity index (χ1) is 13.1. The molecule has 1 aliphatic rings. The molecule has 1 unspecified atom stereocenters. The highest BCUT2D eigenvalue weighted by molar-refractivity contribution is 7.99. The smallest absolute Gasteiger partial charge is 0.223 e. The van der Waals surface area contributed by atoms with Crippen molar-refractivity contribution in [1.29, 1.82) is 0 Å². The highest BCUT2D eigenvalue weighted by Crippen LogP contribution is 2.37. The molecular formula is C21H24FNO3S. The van der Waals surface area contributed by atoms with E-state index in [9.17, 15) is 9.18 Å². The van der Waals surface area contributed by atoms with E-state index < -0.39 is 0 Å². The molecule has 0 radical (unpaired) electrons. The normalized spacial score (nSPS) is 16.4. The zero-order valence-corrected chi connectivity index (χ0v) is 16.4. The maximum Gasteiger partial charge on any atom is 0.223 e. The van der Waals surface area contributed by atoms with Crippen molar-refractivity contribution >= 4 is 17.7 Å². The first-order valence-corrected chi connectivity index (χ1v) is 10.0. The van der Waals surface area contributed by atoms with Crippen LogP contribution in [0.3, 0.4) is 0 Å². The average Bonchev–Trinajstić information content (AvgIpc) is 3.18.